The van der Waals surface area contributed by atoms with Gasteiger partial charge in [0.1, 0.15) is 0 Å². The van der Waals surface area contributed by atoms with Gasteiger partial charge >= 0.3 is 0 Å². The normalized spacial score (nSPS) is 51.2. The Hall–Kier alpha value is -0.180. The summed E-state index contributed by atoms with van der Waals surface area (Å²) in [6.07, 6.45) is 7.65. The molecule has 4 aliphatic rings. The topological polar surface area (TPSA) is 29.1 Å². The number of thiol groups is 1. The third-order valence-electron chi connectivity index (χ3n) is 5.39. The zero-order valence-corrected chi connectivity index (χ0v) is 12.6. The Morgan fingerprint density at radius 2 is 1.72 bits per heavy atom. The largest absolute Gasteiger partial charge is 0.350 e. The van der Waals surface area contributed by atoms with Crippen LogP contribution < -0.4 is 5.32 Å². The van der Waals surface area contributed by atoms with Gasteiger partial charge in [-0.3, -0.25) is 4.79 Å². The van der Waals surface area contributed by atoms with Crippen LogP contribution in [-0.2, 0) is 4.79 Å². The quantitative estimate of drug-likeness (QED) is 0.739. The molecule has 0 aromatic carbocycles. The van der Waals surface area contributed by atoms with Crippen LogP contribution in [-0.4, -0.2) is 16.7 Å². The minimum Gasteiger partial charge on any atom is -0.350 e. The SMILES string of the molecule is CC(S)C(=O)NC12CC3CC(C)(CC(C)(C3)C1)C2. The second kappa shape index (κ2) is 3.68. The zero-order chi connectivity index (χ0) is 13.2. The van der Waals surface area contributed by atoms with Crippen molar-refractivity contribution in [3.8, 4) is 0 Å². The van der Waals surface area contributed by atoms with Crippen molar-refractivity contribution in [2.24, 2.45) is 16.7 Å². The lowest BCUT2D eigenvalue weighted by molar-refractivity contribution is -0.139. The van der Waals surface area contributed by atoms with Crippen LogP contribution in [0, 0.1) is 16.7 Å². The number of carbonyl (C=O) groups excluding carboxylic acids is 1. The standard InChI is InChI=1S/C15H25NOS/c1-10(18)12(17)16-15-6-11-4-13(2,8-15)7-14(3,5-11)9-15/h10-11,18H,4-9H2,1-3H3,(H,16,17). The molecule has 3 atom stereocenters. The van der Waals surface area contributed by atoms with Crippen LogP contribution in [0.5, 0.6) is 0 Å². The fourth-order valence-corrected chi connectivity index (χ4v) is 6.02. The Morgan fingerprint density at radius 1 is 1.17 bits per heavy atom. The highest BCUT2D eigenvalue weighted by Crippen LogP contribution is 2.66. The Kier molecular flexibility index (Phi) is 2.62. The van der Waals surface area contributed by atoms with Crippen molar-refractivity contribution in [1.82, 2.24) is 5.32 Å². The maximum Gasteiger partial charge on any atom is 0.232 e. The van der Waals surface area contributed by atoms with Crippen LogP contribution in [0.15, 0.2) is 0 Å². The number of rotatable bonds is 2. The first-order valence-electron chi connectivity index (χ1n) is 7.24. The van der Waals surface area contributed by atoms with E-state index in [0.29, 0.717) is 10.8 Å². The molecule has 0 radical (unpaired) electrons. The molecule has 102 valence electrons. The van der Waals surface area contributed by atoms with Gasteiger partial charge in [-0.1, -0.05) is 13.8 Å². The summed E-state index contributed by atoms with van der Waals surface area (Å²) in [7, 11) is 0. The molecule has 4 saturated carbocycles. The molecule has 4 aliphatic carbocycles. The minimum absolute atomic E-state index is 0.0803. The van der Waals surface area contributed by atoms with Crippen LogP contribution in [0.1, 0.15) is 59.3 Å². The molecule has 0 heterocycles. The lowest BCUT2D eigenvalue weighted by Gasteiger charge is -2.65. The van der Waals surface area contributed by atoms with Gasteiger partial charge in [-0.25, -0.2) is 0 Å². The van der Waals surface area contributed by atoms with E-state index in [9.17, 15) is 4.79 Å². The molecular formula is C15H25NOS. The number of nitrogens with one attached hydrogen (secondary N) is 1. The smallest absolute Gasteiger partial charge is 0.232 e. The van der Waals surface area contributed by atoms with Crippen LogP contribution in [0.2, 0.25) is 0 Å². The van der Waals surface area contributed by atoms with Crippen LogP contribution in [0.4, 0.5) is 0 Å². The molecule has 0 spiro atoms. The van der Waals surface area contributed by atoms with E-state index in [1.807, 2.05) is 6.92 Å². The average Bonchev–Trinajstić information content (AvgIpc) is 2.09. The molecule has 4 rings (SSSR count). The predicted octanol–water partition coefficient (Wildman–Crippen LogP) is 3.17. The van der Waals surface area contributed by atoms with E-state index in [0.717, 1.165) is 5.92 Å². The van der Waals surface area contributed by atoms with Crippen molar-refractivity contribution in [1.29, 1.82) is 0 Å². The summed E-state index contributed by atoms with van der Waals surface area (Å²) in [5.74, 6) is 0.944. The molecule has 2 nitrogen and oxygen atoms in total. The highest BCUT2D eigenvalue weighted by Gasteiger charge is 2.60. The zero-order valence-electron chi connectivity index (χ0n) is 11.8. The second-order valence-corrected chi connectivity index (χ2v) is 8.85. The van der Waals surface area contributed by atoms with E-state index >= 15 is 0 Å². The molecular weight excluding hydrogens is 242 g/mol. The Balaban J connectivity index is 1.87. The minimum atomic E-state index is -0.196. The molecule has 1 amide bonds. The molecule has 0 aliphatic heterocycles. The summed E-state index contributed by atoms with van der Waals surface area (Å²) in [4.78, 5) is 12.0. The van der Waals surface area contributed by atoms with Crippen molar-refractivity contribution in [3.05, 3.63) is 0 Å². The summed E-state index contributed by atoms with van der Waals surface area (Å²) in [6, 6.07) is 0. The molecule has 4 fully saturated rings. The maximum atomic E-state index is 12.0. The molecule has 18 heavy (non-hydrogen) atoms. The molecule has 1 N–H and O–H groups in total. The number of hydrogen-bond acceptors (Lipinski definition) is 2. The highest BCUT2D eigenvalue weighted by atomic mass is 32.1. The molecule has 0 saturated heterocycles. The van der Waals surface area contributed by atoms with Gasteiger partial charge in [-0.05, 0) is 62.2 Å². The van der Waals surface area contributed by atoms with E-state index in [4.69, 9.17) is 0 Å². The van der Waals surface area contributed by atoms with Crippen LogP contribution in [0.3, 0.4) is 0 Å². The second-order valence-electron chi connectivity index (χ2n) is 8.08. The summed E-state index contributed by atoms with van der Waals surface area (Å²) < 4.78 is 0. The van der Waals surface area contributed by atoms with Gasteiger partial charge in [0.2, 0.25) is 5.91 Å². The Bertz CT molecular complexity index is 374. The van der Waals surface area contributed by atoms with Gasteiger partial charge in [0.05, 0.1) is 5.25 Å². The Morgan fingerprint density at radius 3 is 2.17 bits per heavy atom. The van der Waals surface area contributed by atoms with Crippen molar-refractivity contribution in [2.45, 2.75) is 70.1 Å². The number of hydrogen-bond donors (Lipinski definition) is 2. The first-order chi connectivity index (χ1) is 8.23. The van der Waals surface area contributed by atoms with Gasteiger partial charge in [-0.15, -0.1) is 0 Å². The molecule has 0 aromatic heterocycles. The van der Waals surface area contributed by atoms with Crippen molar-refractivity contribution in [3.63, 3.8) is 0 Å². The van der Waals surface area contributed by atoms with Gasteiger partial charge in [0.25, 0.3) is 0 Å². The maximum absolute atomic E-state index is 12.0. The van der Waals surface area contributed by atoms with Gasteiger partial charge in [-0.2, -0.15) is 12.6 Å². The van der Waals surface area contributed by atoms with Crippen molar-refractivity contribution < 1.29 is 4.79 Å². The van der Waals surface area contributed by atoms with E-state index < -0.39 is 0 Å². The Labute approximate surface area is 116 Å². The van der Waals surface area contributed by atoms with Crippen molar-refractivity contribution in [2.75, 3.05) is 0 Å². The van der Waals surface area contributed by atoms with Crippen LogP contribution in [0.25, 0.3) is 0 Å². The van der Waals surface area contributed by atoms with E-state index in [2.05, 4.69) is 31.8 Å². The lowest BCUT2D eigenvalue weighted by atomic mass is 9.43. The molecule has 3 unspecified atom stereocenters. The van der Waals surface area contributed by atoms with Crippen LogP contribution >= 0.6 is 12.6 Å². The van der Waals surface area contributed by atoms with Gasteiger partial charge in [0.15, 0.2) is 0 Å². The van der Waals surface area contributed by atoms with E-state index in [1.54, 1.807) is 0 Å². The van der Waals surface area contributed by atoms with E-state index in [-0.39, 0.29) is 16.7 Å². The fraction of sp³-hybridized carbons (Fsp3) is 0.933. The van der Waals surface area contributed by atoms with Gasteiger partial charge in [0, 0.05) is 5.54 Å². The van der Waals surface area contributed by atoms with Crippen molar-refractivity contribution >= 4 is 18.5 Å². The lowest BCUT2D eigenvalue weighted by Crippen LogP contribution is -2.65. The summed E-state index contributed by atoms with van der Waals surface area (Å²) in [6.45, 7) is 6.73. The fourth-order valence-electron chi connectivity index (χ4n) is 5.95. The van der Waals surface area contributed by atoms with Gasteiger partial charge < -0.3 is 5.32 Å². The summed E-state index contributed by atoms with van der Waals surface area (Å²) >= 11 is 4.27. The first kappa shape index (κ1) is 12.8. The monoisotopic (exact) mass is 267 g/mol. The highest BCUT2D eigenvalue weighted by molar-refractivity contribution is 7.81. The third kappa shape index (κ3) is 1.99. The molecule has 3 heteroatoms. The molecule has 4 bridgehead atoms. The summed E-state index contributed by atoms with van der Waals surface area (Å²) in [5, 5.41) is 3.16. The number of carbonyl (C=O) groups is 1. The average molecular weight is 267 g/mol. The number of amides is 1. The first-order valence-corrected chi connectivity index (χ1v) is 7.75. The third-order valence-corrected chi connectivity index (χ3v) is 5.63. The summed E-state index contributed by atoms with van der Waals surface area (Å²) in [5.41, 5.74) is 1.000. The molecule has 0 aromatic rings. The predicted molar refractivity (Wildman–Crippen MR) is 76.7 cm³/mol. The van der Waals surface area contributed by atoms with E-state index in [1.165, 1.54) is 38.5 Å².